The molecule has 0 aliphatic heterocycles. The highest BCUT2D eigenvalue weighted by Crippen LogP contribution is 2.23. The Morgan fingerprint density at radius 1 is 1.11 bits per heavy atom. The smallest absolute Gasteiger partial charge is 0.326 e. The molecule has 0 aromatic carbocycles. The van der Waals surface area contributed by atoms with Crippen molar-refractivity contribution < 1.29 is 24.6 Å². The third-order valence-electron chi connectivity index (χ3n) is 3.24. The molecule has 1 saturated carbocycles. The van der Waals surface area contributed by atoms with E-state index >= 15 is 0 Å². The number of aliphatic carboxylic acids is 2. The van der Waals surface area contributed by atoms with Gasteiger partial charge in [-0.05, 0) is 19.3 Å². The van der Waals surface area contributed by atoms with E-state index in [1.54, 1.807) is 0 Å². The van der Waals surface area contributed by atoms with Crippen LogP contribution < -0.4 is 5.32 Å². The summed E-state index contributed by atoms with van der Waals surface area (Å²) in [5.74, 6) is -2.62. The molecule has 3 N–H and O–H groups in total. The topological polar surface area (TPSA) is 104 Å². The Kier molecular flexibility index (Phi) is 5.61. The van der Waals surface area contributed by atoms with E-state index in [4.69, 9.17) is 10.2 Å². The summed E-state index contributed by atoms with van der Waals surface area (Å²) in [5.41, 5.74) is 0. The van der Waals surface area contributed by atoms with Crippen LogP contribution in [0.25, 0.3) is 0 Å². The second kappa shape index (κ2) is 6.98. The average molecular weight is 257 g/mol. The summed E-state index contributed by atoms with van der Waals surface area (Å²) in [7, 11) is 0. The lowest BCUT2D eigenvalue weighted by atomic mass is 9.88. The van der Waals surface area contributed by atoms with E-state index in [9.17, 15) is 14.4 Å². The number of amides is 1. The van der Waals surface area contributed by atoms with Crippen molar-refractivity contribution in [1.29, 1.82) is 0 Å². The third kappa shape index (κ3) is 4.73. The molecule has 1 rings (SSSR count). The van der Waals surface area contributed by atoms with Crippen molar-refractivity contribution in [2.24, 2.45) is 5.92 Å². The molecule has 0 radical (unpaired) electrons. The van der Waals surface area contributed by atoms with Gasteiger partial charge in [0.1, 0.15) is 6.04 Å². The summed E-state index contributed by atoms with van der Waals surface area (Å²) < 4.78 is 0. The molecular formula is C12H19NO5. The summed E-state index contributed by atoms with van der Waals surface area (Å²) in [4.78, 5) is 33.2. The van der Waals surface area contributed by atoms with Crippen molar-refractivity contribution in [3.63, 3.8) is 0 Å². The molecule has 18 heavy (non-hydrogen) atoms. The third-order valence-corrected chi connectivity index (χ3v) is 3.24. The highest BCUT2D eigenvalue weighted by atomic mass is 16.4. The Labute approximate surface area is 105 Å². The summed E-state index contributed by atoms with van der Waals surface area (Å²) in [6.45, 7) is 0. The summed E-state index contributed by atoms with van der Waals surface area (Å²) >= 11 is 0. The molecule has 0 aromatic rings. The van der Waals surface area contributed by atoms with Gasteiger partial charge in [0.2, 0.25) is 5.91 Å². The number of hydrogen-bond donors (Lipinski definition) is 3. The predicted octanol–water partition coefficient (Wildman–Crippen LogP) is 1.00. The largest absolute Gasteiger partial charge is 0.481 e. The number of carbonyl (C=O) groups excluding carboxylic acids is 1. The van der Waals surface area contributed by atoms with Crippen molar-refractivity contribution in [3.05, 3.63) is 0 Å². The number of carboxylic acid groups (broad SMARTS) is 2. The minimum Gasteiger partial charge on any atom is -0.481 e. The highest BCUT2D eigenvalue weighted by molar-refractivity contribution is 5.85. The molecule has 102 valence electrons. The quantitative estimate of drug-likeness (QED) is 0.658. The molecule has 0 bridgehead atoms. The van der Waals surface area contributed by atoms with E-state index < -0.39 is 18.0 Å². The molecule has 6 nitrogen and oxygen atoms in total. The molecule has 1 unspecified atom stereocenters. The molecule has 0 aromatic heterocycles. The zero-order chi connectivity index (χ0) is 13.5. The predicted molar refractivity (Wildman–Crippen MR) is 63.0 cm³/mol. The maximum atomic E-state index is 11.8. The maximum absolute atomic E-state index is 11.8. The van der Waals surface area contributed by atoms with Crippen LogP contribution >= 0.6 is 0 Å². The number of hydrogen-bond acceptors (Lipinski definition) is 3. The number of carbonyl (C=O) groups is 3. The molecule has 1 amide bonds. The SMILES string of the molecule is O=C(O)CCC(NC(=O)C1CCCCC1)C(=O)O. The molecule has 1 aliphatic rings. The van der Waals surface area contributed by atoms with Gasteiger partial charge in [0, 0.05) is 12.3 Å². The van der Waals surface area contributed by atoms with E-state index in [1.807, 2.05) is 0 Å². The number of carboxylic acids is 2. The Morgan fingerprint density at radius 2 is 1.72 bits per heavy atom. The van der Waals surface area contributed by atoms with Crippen molar-refractivity contribution >= 4 is 17.8 Å². The molecule has 0 heterocycles. The molecule has 1 aliphatic carbocycles. The first-order chi connectivity index (χ1) is 8.50. The Morgan fingerprint density at radius 3 is 2.22 bits per heavy atom. The maximum Gasteiger partial charge on any atom is 0.326 e. The Bertz CT molecular complexity index is 322. The first-order valence-electron chi connectivity index (χ1n) is 6.25. The van der Waals surface area contributed by atoms with Crippen LogP contribution in [0.3, 0.4) is 0 Å². The standard InChI is InChI=1S/C12H19NO5/c14-10(15)7-6-9(12(17)18)13-11(16)8-4-2-1-3-5-8/h8-9H,1-7H2,(H,13,16)(H,14,15)(H,17,18). The molecule has 0 spiro atoms. The molecular weight excluding hydrogens is 238 g/mol. The van der Waals surface area contributed by atoms with Crippen LogP contribution in [0.5, 0.6) is 0 Å². The van der Waals surface area contributed by atoms with Gasteiger partial charge in [-0.15, -0.1) is 0 Å². The molecule has 1 atom stereocenters. The second-order valence-corrected chi connectivity index (χ2v) is 4.67. The van der Waals surface area contributed by atoms with E-state index in [-0.39, 0.29) is 24.7 Å². The average Bonchev–Trinajstić information content (AvgIpc) is 2.34. The van der Waals surface area contributed by atoms with Gasteiger partial charge >= 0.3 is 11.9 Å². The first-order valence-corrected chi connectivity index (χ1v) is 6.25. The minimum absolute atomic E-state index is 0.0802. The molecule has 1 fully saturated rings. The number of rotatable bonds is 6. The van der Waals surface area contributed by atoms with E-state index in [0.29, 0.717) is 0 Å². The fourth-order valence-electron chi connectivity index (χ4n) is 2.18. The van der Waals surface area contributed by atoms with Crippen LogP contribution in [0, 0.1) is 5.92 Å². The van der Waals surface area contributed by atoms with Crippen LogP contribution in [0.1, 0.15) is 44.9 Å². The van der Waals surface area contributed by atoms with Crippen LogP contribution in [-0.4, -0.2) is 34.1 Å². The van der Waals surface area contributed by atoms with Crippen LogP contribution in [0.15, 0.2) is 0 Å². The van der Waals surface area contributed by atoms with Gasteiger partial charge in [0.15, 0.2) is 0 Å². The lowest BCUT2D eigenvalue weighted by Crippen LogP contribution is -2.44. The molecule has 6 heteroatoms. The summed E-state index contributed by atoms with van der Waals surface area (Å²) in [6.07, 6.45) is 4.33. The van der Waals surface area contributed by atoms with Gasteiger partial charge in [0.05, 0.1) is 0 Å². The van der Waals surface area contributed by atoms with Gasteiger partial charge in [-0.1, -0.05) is 19.3 Å². The van der Waals surface area contributed by atoms with E-state index in [1.165, 1.54) is 0 Å². The highest BCUT2D eigenvalue weighted by Gasteiger charge is 2.26. The van der Waals surface area contributed by atoms with Crippen molar-refractivity contribution in [2.45, 2.75) is 51.0 Å². The van der Waals surface area contributed by atoms with Crippen LogP contribution in [0.2, 0.25) is 0 Å². The van der Waals surface area contributed by atoms with Gasteiger partial charge in [0.25, 0.3) is 0 Å². The Balaban J connectivity index is 2.46. The van der Waals surface area contributed by atoms with Crippen molar-refractivity contribution in [3.8, 4) is 0 Å². The van der Waals surface area contributed by atoms with E-state index in [2.05, 4.69) is 5.32 Å². The minimum atomic E-state index is -1.18. The summed E-state index contributed by atoms with van der Waals surface area (Å²) in [6, 6.07) is -1.10. The van der Waals surface area contributed by atoms with E-state index in [0.717, 1.165) is 32.1 Å². The van der Waals surface area contributed by atoms with Gasteiger partial charge in [-0.3, -0.25) is 9.59 Å². The first kappa shape index (κ1) is 14.5. The summed E-state index contributed by atoms with van der Waals surface area (Å²) in [5, 5.41) is 19.9. The monoisotopic (exact) mass is 257 g/mol. The number of nitrogens with one attached hydrogen (secondary N) is 1. The zero-order valence-electron chi connectivity index (χ0n) is 10.2. The van der Waals surface area contributed by atoms with Crippen LogP contribution in [0.4, 0.5) is 0 Å². The zero-order valence-corrected chi connectivity index (χ0v) is 10.2. The van der Waals surface area contributed by atoms with Crippen molar-refractivity contribution in [1.82, 2.24) is 5.32 Å². The fraction of sp³-hybridized carbons (Fsp3) is 0.750. The van der Waals surface area contributed by atoms with Gasteiger partial charge in [-0.25, -0.2) is 4.79 Å². The second-order valence-electron chi connectivity index (χ2n) is 4.67. The normalized spacial score (nSPS) is 18.0. The Hall–Kier alpha value is -1.59. The van der Waals surface area contributed by atoms with Gasteiger partial charge < -0.3 is 15.5 Å². The van der Waals surface area contributed by atoms with Gasteiger partial charge in [-0.2, -0.15) is 0 Å². The molecule has 0 saturated heterocycles. The van der Waals surface area contributed by atoms with Crippen LogP contribution in [-0.2, 0) is 14.4 Å². The lowest BCUT2D eigenvalue weighted by molar-refractivity contribution is -0.143. The van der Waals surface area contributed by atoms with Crippen molar-refractivity contribution in [2.75, 3.05) is 0 Å². The fourth-order valence-corrected chi connectivity index (χ4v) is 2.18. The lowest BCUT2D eigenvalue weighted by Gasteiger charge is -2.23.